The third-order valence-electron chi connectivity index (χ3n) is 2.09. The number of nitrogens with one attached hydrogen (secondary N) is 2. The Kier molecular flexibility index (Phi) is 5.06. The predicted octanol–water partition coefficient (Wildman–Crippen LogP) is 0.773. The Hall–Kier alpha value is -1.98. The van der Waals surface area contributed by atoms with Gasteiger partial charge in [-0.15, -0.1) is 0 Å². The number of carbonyl (C=O) groups excluding carboxylic acids is 1. The lowest BCUT2D eigenvalue weighted by atomic mass is 10.4. The van der Waals surface area contributed by atoms with Crippen molar-refractivity contribution in [1.82, 2.24) is 15.2 Å². The number of aromatic nitrogens is 1. The van der Waals surface area contributed by atoms with Gasteiger partial charge in [-0.2, -0.15) is 0 Å². The van der Waals surface area contributed by atoms with E-state index in [0.717, 1.165) is 0 Å². The van der Waals surface area contributed by atoms with Crippen LogP contribution < -0.4 is 15.4 Å². The first-order valence-electron chi connectivity index (χ1n) is 5.33. The molecule has 0 unspecified atom stereocenters. The number of carbonyl (C=O) groups is 1. The molecule has 0 saturated heterocycles. The SMILES string of the molecule is COc1cccnc1NCCNC(=O)N(C)C. The van der Waals surface area contributed by atoms with E-state index in [9.17, 15) is 4.79 Å². The zero-order chi connectivity index (χ0) is 12.7. The van der Waals surface area contributed by atoms with Gasteiger partial charge in [0.1, 0.15) is 0 Å². The van der Waals surface area contributed by atoms with E-state index in [0.29, 0.717) is 24.7 Å². The van der Waals surface area contributed by atoms with Crippen LogP contribution in [0.1, 0.15) is 0 Å². The van der Waals surface area contributed by atoms with Gasteiger partial charge < -0.3 is 20.3 Å². The molecule has 1 aromatic heterocycles. The van der Waals surface area contributed by atoms with Crippen molar-refractivity contribution in [2.24, 2.45) is 0 Å². The van der Waals surface area contributed by atoms with Gasteiger partial charge in [0.15, 0.2) is 11.6 Å². The van der Waals surface area contributed by atoms with Crippen molar-refractivity contribution in [3.05, 3.63) is 18.3 Å². The van der Waals surface area contributed by atoms with Crippen molar-refractivity contribution in [2.45, 2.75) is 0 Å². The van der Waals surface area contributed by atoms with Gasteiger partial charge in [0.05, 0.1) is 7.11 Å². The van der Waals surface area contributed by atoms with Crippen molar-refractivity contribution in [2.75, 3.05) is 39.6 Å². The third-order valence-corrected chi connectivity index (χ3v) is 2.09. The number of urea groups is 1. The lowest BCUT2D eigenvalue weighted by Gasteiger charge is -2.13. The minimum Gasteiger partial charge on any atom is -0.493 e. The van der Waals surface area contributed by atoms with Crippen LogP contribution in [0, 0.1) is 0 Å². The summed E-state index contributed by atoms with van der Waals surface area (Å²) in [7, 11) is 4.99. The molecular formula is C11H18N4O2. The van der Waals surface area contributed by atoms with Gasteiger partial charge in [-0.05, 0) is 12.1 Å². The molecule has 0 saturated carbocycles. The minimum absolute atomic E-state index is 0.111. The number of amides is 2. The molecule has 1 rings (SSSR count). The first-order chi connectivity index (χ1) is 8.15. The lowest BCUT2D eigenvalue weighted by molar-refractivity contribution is 0.218. The number of nitrogens with zero attached hydrogens (tertiary/aromatic N) is 2. The number of hydrogen-bond donors (Lipinski definition) is 2. The zero-order valence-electron chi connectivity index (χ0n) is 10.4. The van der Waals surface area contributed by atoms with Crippen LogP contribution in [0.15, 0.2) is 18.3 Å². The van der Waals surface area contributed by atoms with Crippen LogP contribution >= 0.6 is 0 Å². The van der Waals surface area contributed by atoms with E-state index in [1.54, 1.807) is 33.5 Å². The van der Waals surface area contributed by atoms with Gasteiger partial charge in [0.25, 0.3) is 0 Å². The fourth-order valence-electron chi connectivity index (χ4n) is 1.20. The van der Waals surface area contributed by atoms with E-state index in [2.05, 4.69) is 15.6 Å². The summed E-state index contributed by atoms with van der Waals surface area (Å²) in [6.07, 6.45) is 1.68. The van der Waals surface area contributed by atoms with Crippen LogP contribution in [0.4, 0.5) is 10.6 Å². The molecule has 0 aliphatic heterocycles. The maximum Gasteiger partial charge on any atom is 0.316 e. The Labute approximate surface area is 101 Å². The molecule has 17 heavy (non-hydrogen) atoms. The zero-order valence-corrected chi connectivity index (χ0v) is 10.4. The van der Waals surface area contributed by atoms with E-state index in [1.807, 2.05) is 6.07 Å². The van der Waals surface area contributed by atoms with Gasteiger partial charge in [-0.1, -0.05) is 0 Å². The highest BCUT2D eigenvalue weighted by atomic mass is 16.5. The molecule has 0 aromatic carbocycles. The Morgan fingerprint density at radius 2 is 2.24 bits per heavy atom. The largest absolute Gasteiger partial charge is 0.493 e. The van der Waals surface area contributed by atoms with Crippen molar-refractivity contribution in [3.63, 3.8) is 0 Å². The van der Waals surface area contributed by atoms with Crippen LogP contribution in [0.2, 0.25) is 0 Å². The number of methoxy groups -OCH3 is 1. The summed E-state index contributed by atoms with van der Waals surface area (Å²) in [5.41, 5.74) is 0. The van der Waals surface area contributed by atoms with Crippen molar-refractivity contribution in [1.29, 1.82) is 0 Å². The van der Waals surface area contributed by atoms with E-state index >= 15 is 0 Å². The van der Waals surface area contributed by atoms with Gasteiger partial charge in [-0.25, -0.2) is 9.78 Å². The van der Waals surface area contributed by atoms with Gasteiger partial charge >= 0.3 is 6.03 Å². The lowest BCUT2D eigenvalue weighted by Crippen LogP contribution is -2.37. The molecule has 0 aliphatic rings. The fraction of sp³-hybridized carbons (Fsp3) is 0.455. The van der Waals surface area contributed by atoms with E-state index in [1.165, 1.54) is 4.90 Å². The summed E-state index contributed by atoms with van der Waals surface area (Å²) in [5, 5.41) is 5.83. The normalized spacial score (nSPS) is 9.59. The van der Waals surface area contributed by atoms with Gasteiger partial charge in [-0.3, -0.25) is 0 Å². The summed E-state index contributed by atoms with van der Waals surface area (Å²) in [4.78, 5) is 16.9. The molecule has 2 N–H and O–H groups in total. The second kappa shape index (κ2) is 6.57. The molecule has 6 heteroatoms. The van der Waals surface area contributed by atoms with Crippen LogP contribution in [0.5, 0.6) is 5.75 Å². The summed E-state index contributed by atoms with van der Waals surface area (Å²) < 4.78 is 5.14. The van der Waals surface area contributed by atoms with E-state index in [-0.39, 0.29) is 6.03 Å². The highest BCUT2D eigenvalue weighted by Crippen LogP contribution is 2.19. The Morgan fingerprint density at radius 3 is 2.88 bits per heavy atom. The van der Waals surface area contributed by atoms with Gasteiger partial charge in [0, 0.05) is 33.4 Å². The molecule has 0 fully saturated rings. The van der Waals surface area contributed by atoms with Crippen LogP contribution in [0.25, 0.3) is 0 Å². The maximum atomic E-state index is 11.2. The quantitative estimate of drug-likeness (QED) is 0.744. The average Bonchev–Trinajstić information content (AvgIpc) is 2.34. The van der Waals surface area contributed by atoms with Crippen LogP contribution in [0.3, 0.4) is 0 Å². The number of hydrogen-bond acceptors (Lipinski definition) is 4. The molecule has 6 nitrogen and oxygen atoms in total. The molecule has 0 bridgehead atoms. The molecule has 2 amide bonds. The summed E-state index contributed by atoms with van der Waals surface area (Å²) in [6.45, 7) is 1.11. The van der Waals surface area contributed by atoms with Gasteiger partial charge in [0.2, 0.25) is 0 Å². The first kappa shape index (κ1) is 13.1. The first-order valence-corrected chi connectivity index (χ1v) is 5.33. The molecule has 1 aromatic rings. The molecule has 0 radical (unpaired) electrons. The van der Waals surface area contributed by atoms with Crippen molar-refractivity contribution < 1.29 is 9.53 Å². The minimum atomic E-state index is -0.111. The molecular weight excluding hydrogens is 220 g/mol. The summed E-state index contributed by atoms with van der Waals surface area (Å²) >= 11 is 0. The molecule has 1 heterocycles. The fourth-order valence-corrected chi connectivity index (χ4v) is 1.20. The third kappa shape index (κ3) is 4.18. The number of anilines is 1. The Balaban J connectivity index is 2.33. The Bertz CT molecular complexity index is 368. The highest BCUT2D eigenvalue weighted by molar-refractivity contribution is 5.73. The predicted molar refractivity (Wildman–Crippen MR) is 66.4 cm³/mol. The van der Waals surface area contributed by atoms with Crippen molar-refractivity contribution in [3.8, 4) is 5.75 Å². The number of ether oxygens (including phenoxy) is 1. The maximum absolute atomic E-state index is 11.2. The monoisotopic (exact) mass is 238 g/mol. The molecule has 94 valence electrons. The Morgan fingerprint density at radius 1 is 1.47 bits per heavy atom. The van der Waals surface area contributed by atoms with E-state index in [4.69, 9.17) is 4.74 Å². The molecule has 0 aliphatic carbocycles. The number of rotatable bonds is 5. The molecule has 0 atom stereocenters. The smallest absolute Gasteiger partial charge is 0.316 e. The van der Waals surface area contributed by atoms with Crippen molar-refractivity contribution >= 4 is 11.8 Å². The van der Waals surface area contributed by atoms with E-state index < -0.39 is 0 Å². The average molecular weight is 238 g/mol. The second-order valence-electron chi connectivity index (χ2n) is 3.61. The van der Waals surface area contributed by atoms with Crippen LogP contribution in [-0.2, 0) is 0 Å². The second-order valence-corrected chi connectivity index (χ2v) is 3.61. The molecule has 0 spiro atoms. The summed E-state index contributed by atoms with van der Waals surface area (Å²) in [5.74, 6) is 1.36. The topological polar surface area (TPSA) is 66.5 Å². The van der Waals surface area contributed by atoms with Crippen LogP contribution in [-0.4, -0.2) is 50.2 Å². The standard InChI is InChI=1S/C11H18N4O2/c1-15(2)11(16)14-8-7-13-10-9(17-3)5-4-6-12-10/h4-6H,7-8H2,1-3H3,(H,12,13)(H,14,16). The number of pyridine rings is 1. The highest BCUT2D eigenvalue weighted by Gasteiger charge is 2.03. The summed E-state index contributed by atoms with van der Waals surface area (Å²) in [6, 6.07) is 3.52.